The van der Waals surface area contributed by atoms with Crippen LogP contribution in [0.25, 0.3) is 5.57 Å². The average molecular weight is 734 g/mol. The molecule has 1 saturated carbocycles. The van der Waals surface area contributed by atoms with Crippen molar-refractivity contribution in [1.29, 1.82) is 0 Å². The van der Waals surface area contributed by atoms with Gasteiger partial charge in [0.15, 0.2) is 0 Å². The number of allylic oxidation sites excluding steroid dienone is 1. The highest BCUT2D eigenvalue weighted by molar-refractivity contribution is 6.30. The van der Waals surface area contributed by atoms with Crippen LogP contribution in [0.4, 0.5) is 4.79 Å². The predicted octanol–water partition coefficient (Wildman–Crippen LogP) is 8.33. The molecule has 2 aliphatic heterocycles. The molecule has 3 heterocycles. The molecule has 12 heteroatoms. The SMILES string of the molecule is Cl.Cl.O=C(OCCOC(=O)c1cccc2c1CC(=CCCN1CCC(O)(c3ccc(Cl)cc3)CC1)c1cccnc1O2)OC1CCCCC1. The van der Waals surface area contributed by atoms with Crippen molar-refractivity contribution in [3.8, 4) is 11.6 Å². The quantitative estimate of drug-likeness (QED) is 0.172. The number of pyridine rings is 1. The number of rotatable bonds is 9. The van der Waals surface area contributed by atoms with E-state index in [0.29, 0.717) is 47.0 Å². The van der Waals surface area contributed by atoms with Gasteiger partial charge in [0.1, 0.15) is 25.1 Å². The maximum absolute atomic E-state index is 13.2. The lowest BCUT2D eigenvalue weighted by Crippen LogP contribution is -2.42. The molecular formula is C37H43Cl3N2O7. The maximum atomic E-state index is 13.2. The van der Waals surface area contributed by atoms with E-state index >= 15 is 0 Å². The Morgan fingerprint density at radius 2 is 1.71 bits per heavy atom. The zero-order valence-corrected chi connectivity index (χ0v) is 29.7. The van der Waals surface area contributed by atoms with Crippen molar-refractivity contribution in [3.63, 3.8) is 0 Å². The maximum Gasteiger partial charge on any atom is 0.508 e. The van der Waals surface area contributed by atoms with Gasteiger partial charge in [-0.05, 0) is 92.5 Å². The first-order valence-corrected chi connectivity index (χ1v) is 16.9. The minimum atomic E-state index is -0.845. The Kier molecular flexibility index (Phi) is 14.2. The van der Waals surface area contributed by atoms with E-state index in [-0.39, 0.29) is 44.1 Å². The van der Waals surface area contributed by atoms with E-state index in [9.17, 15) is 14.7 Å². The van der Waals surface area contributed by atoms with Crippen LogP contribution in [0.3, 0.4) is 0 Å². The fourth-order valence-electron chi connectivity index (χ4n) is 6.63. The number of hydrogen-bond acceptors (Lipinski definition) is 9. The molecule has 0 bridgehead atoms. The van der Waals surface area contributed by atoms with Crippen LogP contribution in [-0.2, 0) is 26.2 Å². The molecule has 0 atom stereocenters. The van der Waals surface area contributed by atoms with Crippen molar-refractivity contribution < 1.29 is 33.6 Å². The lowest BCUT2D eigenvalue weighted by molar-refractivity contribution is -0.0254. The van der Waals surface area contributed by atoms with Crippen molar-refractivity contribution in [3.05, 3.63) is 94.1 Å². The Bertz CT molecular complexity index is 1590. The summed E-state index contributed by atoms with van der Waals surface area (Å²) in [5, 5.41) is 11.9. The van der Waals surface area contributed by atoms with Crippen LogP contribution in [0.2, 0.25) is 5.02 Å². The van der Waals surface area contributed by atoms with Crippen molar-refractivity contribution in [2.45, 2.75) is 69.5 Å². The first-order chi connectivity index (χ1) is 22.9. The van der Waals surface area contributed by atoms with Gasteiger partial charge in [-0.2, -0.15) is 0 Å². The molecule has 264 valence electrons. The number of aliphatic hydroxyl groups is 1. The van der Waals surface area contributed by atoms with Crippen molar-refractivity contribution in [1.82, 2.24) is 9.88 Å². The third-order valence-electron chi connectivity index (χ3n) is 9.30. The second kappa shape index (κ2) is 18.1. The fraction of sp³-hybridized carbons (Fsp3) is 0.432. The summed E-state index contributed by atoms with van der Waals surface area (Å²) in [4.78, 5) is 32.1. The number of hydrogen-bond donors (Lipinski definition) is 1. The first-order valence-electron chi connectivity index (χ1n) is 16.5. The summed E-state index contributed by atoms with van der Waals surface area (Å²) in [5.41, 5.74) is 3.05. The van der Waals surface area contributed by atoms with E-state index < -0.39 is 17.7 Å². The molecule has 0 unspecified atom stereocenters. The number of aromatic nitrogens is 1. The van der Waals surface area contributed by atoms with Crippen molar-refractivity contribution in [2.24, 2.45) is 0 Å². The van der Waals surface area contributed by atoms with Gasteiger partial charge >= 0.3 is 12.1 Å². The van der Waals surface area contributed by atoms with Gasteiger partial charge in [0, 0.05) is 48.4 Å². The molecule has 9 nitrogen and oxygen atoms in total. The van der Waals surface area contributed by atoms with Crippen LogP contribution in [0.1, 0.15) is 78.4 Å². The Labute approximate surface area is 304 Å². The summed E-state index contributed by atoms with van der Waals surface area (Å²) in [6.45, 7) is 2.22. The normalized spacial score (nSPS) is 18.0. The number of esters is 1. The smallest absolute Gasteiger partial charge is 0.458 e. The molecule has 0 radical (unpaired) electrons. The van der Waals surface area contributed by atoms with Crippen molar-refractivity contribution >= 4 is 54.1 Å². The molecule has 49 heavy (non-hydrogen) atoms. The number of likely N-dealkylation sites (tertiary alicyclic amines) is 1. The van der Waals surface area contributed by atoms with Crippen LogP contribution >= 0.6 is 36.4 Å². The van der Waals surface area contributed by atoms with Gasteiger partial charge in [-0.1, -0.05) is 42.3 Å². The molecule has 0 spiro atoms. The Morgan fingerprint density at radius 1 is 0.980 bits per heavy atom. The summed E-state index contributed by atoms with van der Waals surface area (Å²) in [7, 11) is 0. The minimum absolute atomic E-state index is 0. The number of nitrogens with zero attached hydrogens (tertiary/aromatic N) is 2. The molecule has 1 aliphatic carbocycles. The van der Waals surface area contributed by atoms with Crippen molar-refractivity contribution in [2.75, 3.05) is 32.8 Å². The van der Waals surface area contributed by atoms with Gasteiger partial charge in [0.2, 0.25) is 5.88 Å². The van der Waals surface area contributed by atoms with E-state index in [2.05, 4.69) is 16.0 Å². The second-order valence-electron chi connectivity index (χ2n) is 12.4. The van der Waals surface area contributed by atoms with Crippen LogP contribution in [-0.4, -0.2) is 66.1 Å². The first kappa shape index (κ1) is 38.5. The summed E-state index contributed by atoms with van der Waals surface area (Å²) >= 11 is 6.05. The van der Waals surface area contributed by atoms with Gasteiger partial charge in [0.05, 0.1) is 11.2 Å². The third-order valence-corrected chi connectivity index (χ3v) is 9.55. The topological polar surface area (TPSA) is 107 Å². The largest absolute Gasteiger partial charge is 0.508 e. The molecule has 6 rings (SSSR count). The number of ether oxygens (including phenoxy) is 4. The molecule has 3 aromatic rings. The standard InChI is InChI=1S/C37H41ClN2O7.2ClH/c38-28-15-13-27(14-16-28)37(43)17-21-40(22-18-37)20-6-7-26-25-32-31(10-4-12-33(32)47-34-30(26)11-5-19-39-34)35(41)44-23-24-45-36(42)46-29-8-2-1-3-9-29;;/h4-5,7,10-16,19,29,43H,1-3,6,8-9,17-18,20-25H2;2*1H. The van der Waals surface area contributed by atoms with Gasteiger partial charge in [0.25, 0.3) is 0 Å². The molecule has 1 saturated heterocycles. The Hall–Kier alpha value is -3.34. The lowest BCUT2D eigenvalue weighted by Gasteiger charge is -2.38. The molecule has 3 aliphatic rings. The number of fused-ring (bicyclic) bond motifs is 2. The average Bonchev–Trinajstić information content (AvgIpc) is 3.25. The molecular weight excluding hydrogens is 691 g/mol. The summed E-state index contributed by atoms with van der Waals surface area (Å²) in [5.74, 6) is 0.515. The summed E-state index contributed by atoms with van der Waals surface area (Å²) in [6.07, 6.45) is 10.6. The van der Waals surface area contributed by atoms with Gasteiger partial charge in [-0.3, -0.25) is 0 Å². The fourth-order valence-corrected chi connectivity index (χ4v) is 6.76. The van der Waals surface area contributed by atoms with Crippen LogP contribution in [0.5, 0.6) is 11.6 Å². The summed E-state index contributed by atoms with van der Waals surface area (Å²) < 4.78 is 22.3. The summed E-state index contributed by atoms with van der Waals surface area (Å²) in [6, 6.07) is 16.6. The molecule has 1 aromatic heterocycles. The Balaban J connectivity index is 0.00000270. The number of halogens is 3. The number of piperidine rings is 1. The zero-order valence-electron chi connectivity index (χ0n) is 27.3. The molecule has 1 N–H and O–H groups in total. The van der Waals surface area contributed by atoms with Crippen LogP contribution in [0, 0.1) is 0 Å². The molecule has 0 amide bonds. The second-order valence-corrected chi connectivity index (χ2v) is 12.9. The lowest BCUT2D eigenvalue weighted by atomic mass is 9.84. The minimum Gasteiger partial charge on any atom is -0.458 e. The van der Waals surface area contributed by atoms with Gasteiger partial charge in [-0.15, -0.1) is 24.8 Å². The zero-order chi connectivity index (χ0) is 32.6. The monoisotopic (exact) mass is 732 g/mol. The number of carbonyl (C=O) groups is 2. The molecule has 2 aromatic carbocycles. The highest BCUT2D eigenvalue weighted by atomic mass is 35.5. The van der Waals surface area contributed by atoms with Crippen LogP contribution in [0.15, 0.2) is 66.9 Å². The third kappa shape index (κ3) is 9.89. The van der Waals surface area contributed by atoms with Gasteiger partial charge < -0.3 is 29.0 Å². The Morgan fingerprint density at radius 3 is 2.47 bits per heavy atom. The van der Waals surface area contributed by atoms with E-state index in [1.54, 1.807) is 18.3 Å². The number of benzene rings is 2. The predicted molar refractivity (Wildman–Crippen MR) is 192 cm³/mol. The highest BCUT2D eigenvalue weighted by Gasteiger charge is 2.34. The van der Waals surface area contributed by atoms with E-state index in [1.165, 1.54) is 0 Å². The van der Waals surface area contributed by atoms with E-state index in [1.807, 2.05) is 42.5 Å². The van der Waals surface area contributed by atoms with Gasteiger partial charge in [-0.25, -0.2) is 14.6 Å². The highest BCUT2D eigenvalue weighted by Crippen LogP contribution is 2.40. The van der Waals surface area contributed by atoms with Crippen LogP contribution < -0.4 is 4.74 Å². The van der Waals surface area contributed by atoms with E-state index in [4.69, 9.17) is 30.5 Å². The van der Waals surface area contributed by atoms with E-state index in [0.717, 1.165) is 74.9 Å². The molecule has 2 fully saturated rings. The number of carbonyl (C=O) groups excluding carboxylic acids is 2.